The number of nitrogens with zero attached hydrogens (tertiary/aromatic N) is 2. The van der Waals surface area contributed by atoms with Crippen LogP contribution in [0.15, 0.2) is 0 Å². The fourth-order valence-electron chi connectivity index (χ4n) is 1.47. The Morgan fingerprint density at radius 1 is 1.54 bits per heavy atom. The smallest absolute Gasteiger partial charge is 0.215 e. The lowest BCUT2D eigenvalue weighted by atomic mass is 10.2. The number of aromatic nitrogens is 2. The summed E-state index contributed by atoms with van der Waals surface area (Å²) in [6, 6.07) is 0. The lowest BCUT2D eigenvalue weighted by Crippen LogP contribution is -2.05. The summed E-state index contributed by atoms with van der Waals surface area (Å²) in [7, 11) is 1.67. The van der Waals surface area contributed by atoms with Gasteiger partial charge >= 0.3 is 0 Å². The van der Waals surface area contributed by atoms with E-state index in [0.29, 0.717) is 6.54 Å². The standard InChI is InChI=1S/C9H17N3O/c1-4-12-9(13-3)8(5-6-10)7(2)11-12/h4-6,10H2,1-3H3. The van der Waals surface area contributed by atoms with Crippen LogP contribution in [-0.4, -0.2) is 23.4 Å². The van der Waals surface area contributed by atoms with Gasteiger partial charge in [-0.05, 0) is 26.8 Å². The third kappa shape index (κ3) is 1.83. The van der Waals surface area contributed by atoms with Crippen LogP contribution in [0.25, 0.3) is 0 Å². The quantitative estimate of drug-likeness (QED) is 0.748. The van der Waals surface area contributed by atoms with Crippen molar-refractivity contribution in [2.45, 2.75) is 26.8 Å². The van der Waals surface area contributed by atoms with Crippen molar-refractivity contribution >= 4 is 0 Å². The topological polar surface area (TPSA) is 53.1 Å². The molecule has 0 saturated heterocycles. The van der Waals surface area contributed by atoms with E-state index >= 15 is 0 Å². The van der Waals surface area contributed by atoms with Gasteiger partial charge in [-0.2, -0.15) is 5.10 Å². The predicted octanol–water partition coefficient (Wildman–Crippen LogP) is 0.721. The minimum absolute atomic E-state index is 0.632. The van der Waals surface area contributed by atoms with E-state index in [4.69, 9.17) is 10.5 Å². The molecule has 0 aliphatic carbocycles. The molecule has 13 heavy (non-hydrogen) atoms. The van der Waals surface area contributed by atoms with Gasteiger partial charge in [0.1, 0.15) is 0 Å². The first kappa shape index (κ1) is 10.1. The van der Waals surface area contributed by atoms with Crippen LogP contribution in [0.3, 0.4) is 0 Å². The molecular formula is C9H17N3O. The summed E-state index contributed by atoms with van der Waals surface area (Å²) < 4.78 is 7.15. The molecule has 0 atom stereocenters. The minimum atomic E-state index is 0.632. The van der Waals surface area contributed by atoms with Crippen molar-refractivity contribution in [3.05, 3.63) is 11.3 Å². The molecule has 0 radical (unpaired) electrons. The summed E-state index contributed by atoms with van der Waals surface area (Å²) in [4.78, 5) is 0. The van der Waals surface area contributed by atoms with Crippen LogP contribution in [0, 0.1) is 6.92 Å². The van der Waals surface area contributed by atoms with Crippen molar-refractivity contribution in [1.29, 1.82) is 0 Å². The number of rotatable bonds is 4. The third-order valence-electron chi connectivity index (χ3n) is 2.09. The van der Waals surface area contributed by atoms with Crippen LogP contribution in [-0.2, 0) is 13.0 Å². The fraction of sp³-hybridized carbons (Fsp3) is 0.667. The Bertz CT molecular complexity index is 281. The number of ether oxygens (including phenoxy) is 1. The van der Waals surface area contributed by atoms with E-state index in [1.807, 2.05) is 18.5 Å². The molecule has 0 aromatic carbocycles. The number of aryl methyl sites for hydroxylation is 2. The highest BCUT2D eigenvalue weighted by molar-refractivity contribution is 5.31. The average Bonchev–Trinajstić information content (AvgIpc) is 2.44. The molecule has 0 saturated carbocycles. The van der Waals surface area contributed by atoms with E-state index in [0.717, 1.165) is 30.1 Å². The average molecular weight is 183 g/mol. The first-order valence-electron chi connectivity index (χ1n) is 4.54. The summed E-state index contributed by atoms with van der Waals surface area (Å²) >= 11 is 0. The Morgan fingerprint density at radius 3 is 2.69 bits per heavy atom. The van der Waals surface area contributed by atoms with Gasteiger partial charge in [-0.25, -0.2) is 4.68 Å². The van der Waals surface area contributed by atoms with E-state index in [9.17, 15) is 0 Å². The summed E-state index contributed by atoms with van der Waals surface area (Å²) in [6.07, 6.45) is 0.828. The normalized spacial score (nSPS) is 10.5. The first-order chi connectivity index (χ1) is 6.24. The molecule has 1 rings (SSSR count). The predicted molar refractivity (Wildman–Crippen MR) is 51.9 cm³/mol. The van der Waals surface area contributed by atoms with E-state index in [-0.39, 0.29) is 0 Å². The highest BCUT2D eigenvalue weighted by Crippen LogP contribution is 2.21. The largest absolute Gasteiger partial charge is 0.481 e. The van der Waals surface area contributed by atoms with Gasteiger partial charge in [-0.3, -0.25) is 0 Å². The maximum absolute atomic E-state index is 5.51. The van der Waals surface area contributed by atoms with Crippen molar-refractivity contribution in [2.75, 3.05) is 13.7 Å². The van der Waals surface area contributed by atoms with Gasteiger partial charge in [-0.15, -0.1) is 0 Å². The summed E-state index contributed by atoms with van der Waals surface area (Å²) in [5, 5.41) is 4.35. The van der Waals surface area contributed by atoms with Crippen LogP contribution in [0.1, 0.15) is 18.2 Å². The summed E-state index contributed by atoms with van der Waals surface area (Å²) in [5.41, 5.74) is 7.66. The number of nitrogens with two attached hydrogens (primary N) is 1. The van der Waals surface area contributed by atoms with Crippen LogP contribution in [0.2, 0.25) is 0 Å². The van der Waals surface area contributed by atoms with Gasteiger partial charge in [0.2, 0.25) is 5.88 Å². The molecule has 4 heteroatoms. The van der Waals surface area contributed by atoms with Gasteiger partial charge in [-0.1, -0.05) is 0 Å². The van der Waals surface area contributed by atoms with E-state index < -0.39 is 0 Å². The van der Waals surface area contributed by atoms with Gasteiger partial charge in [0.15, 0.2) is 0 Å². The van der Waals surface area contributed by atoms with Gasteiger partial charge in [0.25, 0.3) is 0 Å². The van der Waals surface area contributed by atoms with E-state index in [1.54, 1.807) is 7.11 Å². The highest BCUT2D eigenvalue weighted by atomic mass is 16.5. The molecule has 0 bridgehead atoms. The van der Waals surface area contributed by atoms with Crippen LogP contribution >= 0.6 is 0 Å². The molecule has 0 aliphatic heterocycles. The lowest BCUT2D eigenvalue weighted by molar-refractivity contribution is 0.360. The molecule has 74 valence electrons. The number of hydrogen-bond donors (Lipinski definition) is 1. The molecule has 0 spiro atoms. The SMILES string of the molecule is CCn1nc(C)c(CCN)c1OC. The van der Waals surface area contributed by atoms with E-state index in [2.05, 4.69) is 5.10 Å². The Morgan fingerprint density at radius 2 is 2.23 bits per heavy atom. The zero-order valence-corrected chi connectivity index (χ0v) is 8.50. The molecule has 0 unspecified atom stereocenters. The fourth-order valence-corrected chi connectivity index (χ4v) is 1.47. The van der Waals surface area contributed by atoms with Gasteiger partial charge in [0, 0.05) is 12.1 Å². The lowest BCUT2D eigenvalue weighted by Gasteiger charge is -2.04. The molecular weight excluding hydrogens is 166 g/mol. The molecule has 4 nitrogen and oxygen atoms in total. The molecule has 1 heterocycles. The van der Waals surface area contributed by atoms with Crippen LogP contribution < -0.4 is 10.5 Å². The number of hydrogen-bond acceptors (Lipinski definition) is 3. The Kier molecular flexibility index (Phi) is 3.31. The number of methoxy groups -OCH3 is 1. The van der Waals surface area contributed by atoms with Crippen molar-refractivity contribution in [3.8, 4) is 5.88 Å². The molecule has 1 aromatic heterocycles. The summed E-state index contributed by atoms with van der Waals surface area (Å²) in [5.74, 6) is 0.852. The summed E-state index contributed by atoms with van der Waals surface area (Å²) in [6.45, 7) is 5.49. The molecule has 1 aromatic rings. The molecule has 0 amide bonds. The Hall–Kier alpha value is -1.03. The minimum Gasteiger partial charge on any atom is -0.481 e. The van der Waals surface area contributed by atoms with Crippen molar-refractivity contribution in [3.63, 3.8) is 0 Å². The zero-order valence-electron chi connectivity index (χ0n) is 8.50. The van der Waals surface area contributed by atoms with Gasteiger partial charge in [0.05, 0.1) is 12.8 Å². The molecule has 0 fully saturated rings. The molecule has 2 N–H and O–H groups in total. The van der Waals surface area contributed by atoms with Crippen LogP contribution in [0.5, 0.6) is 5.88 Å². The van der Waals surface area contributed by atoms with Crippen molar-refractivity contribution < 1.29 is 4.74 Å². The van der Waals surface area contributed by atoms with Crippen LogP contribution in [0.4, 0.5) is 0 Å². The molecule has 0 aliphatic rings. The van der Waals surface area contributed by atoms with Crippen molar-refractivity contribution in [1.82, 2.24) is 9.78 Å². The Labute approximate surface area is 78.7 Å². The van der Waals surface area contributed by atoms with Gasteiger partial charge < -0.3 is 10.5 Å². The second kappa shape index (κ2) is 4.28. The second-order valence-corrected chi connectivity index (χ2v) is 2.93. The highest BCUT2D eigenvalue weighted by Gasteiger charge is 2.13. The maximum atomic E-state index is 5.51. The second-order valence-electron chi connectivity index (χ2n) is 2.93. The van der Waals surface area contributed by atoms with Crippen molar-refractivity contribution in [2.24, 2.45) is 5.73 Å². The zero-order chi connectivity index (χ0) is 9.84. The Balaban J connectivity index is 3.07. The van der Waals surface area contributed by atoms with E-state index in [1.165, 1.54) is 0 Å². The maximum Gasteiger partial charge on any atom is 0.215 e. The first-order valence-corrected chi connectivity index (χ1v) is 4.54. The third-order valence-corrected chi connectivity index (χ3v) is 2.09. The monoisotopic (exact) mass is 183 g/mol.